The maximum Gasteiger partial charge on any atom is 0.235 e. The fourth-order valence-electron chi connectivity index (χ4n) is 0.763. The molecule has 0 atom stereocenters. The van der Waals surface area contributed by atoms with E-state index in [0.29, 0.717) is 0 Å². The summed E-state index contributed by atoms with van der Waals surface area (Å²) < 4.78 is 0. The Labute approximate surface area is 82.3 Å². The molecule has 0 aliphatic rings. The molecule has 0 aliphatic heterocycles. The molecule has 0 radical (unpaired) electrons. The van der Waals surface area contributed by atoms with Gasteiger partial charge < -0.3 is 9.90 Å². The van der Waals surface area contributed by atoms with Crippen molar-refractivity contribution in [3.05, 3.63) is 35.9 Å². The van der Waals surface area contributed by atoms with E-state index in [1.807, 2.05) is 6.07 Å². The number of carboxylic acids is 1. The van der Waals surface area contributed by atoms with Crippen LogP contribution in [0.15, 0.2) is 30.3 Å². The van der Waals surface area contributed by atoms with E-state index < -0.39 is 5.97 Å². The van der Waals surface area contributed by atoms with E-state index in [0.717, 1.165) is 5.56 Å². The molecule has 1 aromatic carbocycles. The van der Waals surface area contributed by atoms with E-state index in [1.165, 1.54) is 0 Å². The van der Waals surface area contributed by atoms with Gasteiger partial charge in [-0.3, -0.25) is 0 Å². The zero-order chi connectivity index (χ0) is 7.40. The summed E-state index contributed by atoms with van der Waals surface area (Å²) in [5.41, 5.74) is 0.780. The standard InChI is InChI=1S/C8H8O2.H2I/c9-8(10)6-7-4-2-1-3-5-7;/h1-5H,6H2,(H,9,10);1H2/q;+1/p-1. The highest BCUT2D eigenvalue weighted by Crippen LogP contribution is 1.97. The second kappa shape index (κ2) is 5.12. The molecule has 60 valence electrons. The third kappa shape index (κ3) is 3.98. The molecular weight excluding hydrogens is 255 g/mol. The number of carbonyl (C=O) groups excluding carboxylic acids is 1. The predicted molar refractivity (Wildman–Crippen MR) is 37.9 cm³/mol. The van der Waals surface area contributed by atoms with E-state index in [4.69, 9.17) is 0 Å². The largest absolute Gasteiger partial charge is 0.550 e. The topological polar surface area (TPSA) is 40.1 Å². The number of rotatable bonds is 2. The number of carbonyl (C=O) groups is 1. The van der Waals surface area contributed by atoms with Gasteiger partial charge in [0.05, 0.1) is 0 Å². The Morgan fingerprint density at radius 1 is 1.27 bits per heavy atom. The van der Waals surface area contributed by atoms with Gasteiger partial charge in [0.15, 0.2) is 0 Å². The van der Waals surface area contributed by atoms with Gasteiger partial charge >= 0.3 is 0 Å². The summed E-state index contributed by atoms with van der Waals surface area (Å²) in [5, 5.41) is 10.1. The molecule has 11 heavy (non-hydrogen) atoms. The maximum atomic E-state index is 10.1. The van der Waals surface area contributed by atoms with Crippen LogP contribution in [0.5, 0.6) is 0 Å². The number of halogens is 1. The van der Waals surface area contributed by atoms with Gasteiger partial charge in [-0.15, -0.1) is 0 Å². The van der Waals surface area contributed by atoms with Gasteiger partial charge in [-0.25, -0.2) is 0 Å². The molecule has 0 fully saturated rings. The highest BCUT2D eigenvalue weighted by atomic mass is 127. The molecule has 0 unspecified atom stereocenters. The summed E-state index contributed by atoms with van der Waals surface area (Å²) >= 11 is 0. The lowest BCUT2D eigenvalue weighted by Crippen LogP contribution is -3.00. The van der Waals surface area contributed by atoms with Crippen molar-refractivity contribution >= 4 is 5.97 Å². The van der Waals surface area contributed by atoms with Crippen LogP contribution in [0.3, 0.4) is 0 Å². The molecule has 0 saturated heterocycles. The lowest BCUT2D eigenvalue weighted by molar-refractivity contribution is -0.304. The summed E-state index contributed by atoms with van der Waals surface area (Å²) in [5.74, 6) is -1.04. The van der Waals surface area contributed by atoms with Gasteiger partial charge in [0.1, 0.15) is 0 Å². The van der Waals surface area contributed by atoms with Gasteiger partial charge in [-0.05, 0) is 5.56 Å². The lowest BCUT2D eigenvalue weighted by Gasteiger charge is -1.99. The Bertz CT molecular complexity index is 221. The number of benzene rings is 1. The average Bonchev–Trinajstić information content (AvgIpc) is 1.88. The molecule has 1 aromatic rings. The second-order valence-electron chi connectivity index (χ2n) is 2.03. The van der Waals surface area contributed by atoms with E-state index in [1.54, 1.807) is 24.3 Å². The van der Waals surface area contributed by atoms with Crippen molar-refractivity contribution in [3.8, 4) is 0 Å². The van der Waals surface area contributed by atoms with Gasteiger partial charge in [0.25, 0.3) is 0 Å². The Morgan fingerprint density at radius 3 is 2.27 bits per heavy atom. The van der Waals surface area contributed by atoms with Crippen LogP contribution in [0, 0.1) is 0 Å². The van der Waals surface area contributed by atoms with Crippen molar-refractivity contribution in [2.24, 2.45) is 0 Å². The molecule has 0 bridgehead atoms. The molecule has 0 aromatic heterocycles. The molecule has 0 saturated carbocycles. The number of aliphatic carboxylic acids is 1. The van der Waals surface area contributed by atoms with Crippen LogP contribution >= 0.6 is 0 Å². The van der Waals surface area contributed by atoms with Crippen molar-refractivity contribution in [2.45, 2.75) is 6.42 Å². The quantitative estimate of drug-likeness (QED) is 0.519. The van der Waals surface area contributed by atoms with E-state index in [9.17, 15) is 9.90 Å². The fraction of sp³-hybridized carbons (Fsp3) is 0.125. The smallest absolute Gasteiger partial charge is 0.235 e. The van der Waals surface area contributed by atoms with Gasteiger partial charge in [-0.2, -0.15) is 0 Å². The van der Waals surface area contributed by atoms with E-state index >= 15 is 0 Å². The third-order valence-corrected chi connectivity index (χ3v) is 1.19. The van der Waals surface area contributed by atoms with Crippen LogP contribution < -0.4 is 29.1 Å². The van der Waals surface area contributed by atoms with Gasteiger partial charge in [-0.1, -0.05) is 30.3 Å². The van der Waals surface area contributed by atoms with Crippen molar-refractivity contribution in [2.75, 3.05) is 0 Å². The Kier molecular flexibility index (Phi) is 4.85. The minimum absolute atomic E-state index is 0. The normalized spacial score (nSPS) is 8.36. The average molecular weight is 264 g/mol. The highest BCUT2D eigenvalue weighted by Gasteiger charge is 1.88. The minimum Gasteiger partial charge on any atom is -0.550 e. The lowest BCUT2D eigenvalue weighted by atomic mass is 10.2. The van der Waals surface area contributed by atoms with Crippen molar-refractivity contribution in [1.82, 2.24) is 0 Å². The molecule has 0 N–H and O–H groups in total. The molecule has 0 aliphatic carbocycles. The summed E-state index contributed by atoms with van der Waals surface area (Å²) in [6.45, 7) is 0. The van der Waals surface area contributed by atoms with Crippen LogP contribution in [0.4, 0.5) is 0 Å². The van der Waals surface area contributed by atoms with Gasteiger partial charge in [0, 0.05) is 12.4 Å². The Morgan fingerprint density at radius 2 is 1.82 bits per heavy atom. The SMILES string of the molecule is O=C([O-])Cc1ccccc1.[IH2+]. The summed E-state index contributed by atoms with van der Waals surface area (Å²) in [4.78, 5) is 10.1. The molecule has 0 amide bonds. The zero-order valence-electron chi connectivity index (χ0n) is 5.86. The van der Waals surface area contributed by atoms with Gasteiger partial charge in [0.2, 0.25) is 24.0 Å². The summed E-state index contributed by atoms with van der Waals surface area (Å²) in [6.07, 6.45) is 0.000833. The fourth-order valence-corrected chi connectivity index (χ4v) is 0.763. The molecule has 1 rings (SSSR count). The van der Waals surface area contributed by atoms with Crippen LogP contribution in [-0.2, 0) is 11.2 Å². The number of hydrogen-bond acceptors (Lipinski definition) is 2. The molecule has 0 spiro atoms. The van der Waals surface area contributed by atoms with Crippen LogP contribution in [0.2, 0.25) is 0 Å². The van der Waals surface area contributed by atoms with Crippen molar-refractivity contribution < 1.29 is 33.9 Å². The first-order chi connectivity index (χ1) is 4.79. The second-order valence-corrected chi connectivity index (χ2v) is 2.03. The molecule has 0 heterocycles. The van der Waals surface area contributed by atoms with Crippen molar-refractivity contribution in [3.63, 3.8) is 0 Å². The first-order valence-corrected chi connectivity index (χ1v) is 3.03. The number of carboxylic acid groups (broad SMARTS) is 1. The Hall–Kier alpha value is -0.580. The molecule has 3 heteroatoms. The monoisotopic (exact) mass is 264 g/mol. The van der Waals surface area contributed by atoms with E-state index in [-0.39, 0.29) is 30.4 Å². The molecular formula is C8H9IO2. The van der Waals surface area contributed by atoms with Crippen LogP contribution in [0.1, 0.15) is 5.56 Å². The van der Waals surface area contributed by atoms with Crippen LogP contribution in [-0.4, -0.2) is 5.97 Å². The summed E-state index contributed by atoms with van der Waals surface area (Å²) in [6, 6.07) is 8.97. The van der Waals surface area contributed by atoms with Crippen LogP contribution in [0.25, 0.3) is 0 Å². The zero-order valence-corrected chi connectivity index (χ0v) is 8.41. The third-order valence-electron chi connectivity index (χ3n) is 1.19. The van der Waals surface area contributed by atoms with Crippen molar-refractivity contribution in [1.29, 1.82) is 0 Å². The van der Waals surface area contributed by atoms with E-state index in [2.05, 4.69) is 0 Å². The predicted octanol–water partition coefficient (Wildman–Crippen LogP) is -3.55. The summed E-state index contributed by atoms with van der Waals surface area (Å²) in [7, 11) is 0. The Balaban J connectivity index is 0.000001000. The first-order valence-electron chi connectivity index (χ1n) is 3.03. The number of hydrogen-bond donors (Lipinski definition) is 0. The first kappa shape index (κ1) is 10.4. The highest BCUT2D eigenvalue weighted by molar-refractivity contribution is 5.67. The minimum atomic E-state index is -1.04. The maximum absolute atomic E-state index is 10.1. The molecule has 2 nitrogen and oxygen atoms in total.